The van der Waals surface area contributed by atoms with E-state index in [1.54, 1.807) is 60.7 Å². The summed E-state index contributed by atoms with van der Waals surface area (Å²) in [5.74, 6) is -1.81. The number of aromatic nitrogens is 2. The first-order chi connectivity index (χ1) is 22.8. The number of ether oxygens (including phenoxy) is 3. The van der Waals surface area contributed by atoms with Crippen LogP contribution in [0.25, 0.3) is 0 Å². The summed E-state index contributed by atoms with van der Waals surface area (Å²) in [5, 5.41) is 0. The number of esters is 2. The monoisotopic (exact) mass is 812 g/mol. The quantitative estimate of drug-likeness (QED) is 0.105. The van der Waals surface area contributed by atoms with Gasteiger partial charge in [-0.2, -0.15) is 0 Å². The number of H-pyrrole nitrogens is 1. The van der Waals surface area contributed by atoms with Crippen molar-refractivity contribution in [3.8, 4) is 0 Å². The van der Waals surface area contributed by atoms with Crippen molar-refractivity contribution >= 4 is 49.9 Å². The van der Waals surface area contributed by atoms with Gasteiger partial charge in [-0.25, -0.2) is 23.3 Å². The fraction of sp³-hybridized carbons (Fsp3) is 0.200. The second kappa shape index (κ2) is 15.2. The molecule has 15 nitrogen and oxygen atoms in total. The van der Waals surface area contributed by atoms with Crippen molar-refractivity contribution in [2.75, 3.05) is 6.61 Å². The van der Waals surface area contributed by atoms with E-state index in [1.165, 1.54) is 24.3 Å². The Morgan fingerprint density at radius 2 is 1.40 bits per heavy atom. The zero-order chi connectivity index (χ0) is 34.5. The minimum Gasteiger partial charge on any atom is -0.452 e. The summed E-state index contributed by atoms with van der Waals surface area (Å²) in [6.07, 6.45) is -5.83. The molecule has 6 atom stereocenters. The highest BCUT2D eigenvalue weighted by atomic mass is 127. The summed E-state index contributed by atoms with van der Waals surface area (Å²) in [5.41, 5.74) is -1.15. The Balaban J connectivity index is 1.45. The van der Waals surface area contributed by atoms with Crippen LogP contribution in [-0.2, 0) is 38.3 Å². The number of aromatic amines is 1. The lowest BCUT2D eigenvalue weighted by Gasteiger charge is -2.25. The molecule has 1 saturated heterocycles. The molecule has 1 aromatic heterocycles. The molecule has 2 heterocycles. The van der Waals surface area contributed by atoms with Crippen LogP contribution in [0.3, 0.4) is 0 Å². The number of carbonyl (C=O) groups is 2. The highest BCUT2D eigenvalue weighted by Gasteiger charge is 2.52. The summed E-state index contributed by atoms with van der Waals surface area (Å²) in [4.78, 5) is 74.0. The van der Waals surface area contributed by atoms with Gasteiger partial charge in [0.05, 0.1) is 23.9 Å². The molecule has 0 spiro atoms. The van der Waals surface area contributed by atoms with Crippen LogP contribution in [-0.4, -0.2) is 56.2 Å². The predicted molar refractivity (Wildman–Crippen MR) is 176 cm³/mol. The second-order valence-corrected chi connectivity index (χ2v) is 14.9. The standard InChI is InChI=1S/C30H27IN2O13P2/c31-22-14-8-7-13-21(22)18-47(38,39)46-48(40,41)42-17-23-25(44-28(35)19-9-3-1-4-10-19)26(45-29(36)20-11-5-2-6-12-20)27(43-23)33-16-15-24(34)32-30(33)37/h1-16,23,25-27H,17-18H2,(H,38,39)(H,40,41)(H,32,34,37)/t23-,25-,26-,27-/m1/s1. The molecule has 0 aliphatic carbocycles. The number of carbonyl (C=O) groups excluding carboxylic acids is 2. The largest absolute Gasteiger partial charge is 0.479 e. The predicted octanol–water partition coefficient (Wildman–Crippen LogP) is 4.01. The van der Waals surface area contributed by atoms with Gasteiger partial charge in [-0.3, -0.25) is 23.4 Å². The Morgan fingerprint density at radius 1 is 0.833 bits per heavy atom. The topological polar surface area (TPSA) is 210 Å². The molecule has 4 aromatic rings. The number of nitrogens with one attached hydrogen (secondary N) is 1. The maximum atomic E-state index is 13.2. The van der Waals surface area contributed by atoms with Crippen LogP contribution < -0.4 is 11.2 Å². The molecule has 0 amide bonds. The summed E-state index contributed by atoms with van der Waals surface area (Å²) in [6.45, 7) is -0.919. The van der Waals surface area contributed by atoms with Gasteiger partial charge in [0, 0.05) is 15.8 Å². The molecule has 1 fully saturated rings. The van der Waals surface area contributed by atoms with Gasteiger partial charge in [-0.15, -0.1) is 0 Å². The van der Waals surface area contributed by atoms with Crippen LogP contribution in [0.1, 0.15) is 32.5 Å². The molecule has 48 heavy (non-hydrogen) atoms. The third kappa shape index (κ3) is 9.03. The first-order valence-electron chi connectivity index (χ1n) is 14.0. The molecule has 0 bridgehead atoms. The fourth-order valence-corrected chi connectivity index (χ4v) is 8.35. The van der Waals surface area contributed by atoms with Crippen LogP contribution in [0.2, 0.25) is 0 Å². The van der Waals surface area contributed by atoms with E-state index in [-0.39, 0.29) is 11.1 Å². The molecule has 1 aliphatic heterocycles. The number of benzene rings is 3. The third-order valence-corrected chi connectivity index (χ3v) is 11.0. The second-order valence-electron chi connectivity index (χ2n) is 10.3. The van der Waals surface area contributed by atoms with E-state index in [4.69, 9.17) is 18.7 Å². The van der Waals surface area contributed by atoms with E-state index in [0.717, 1.165) is 16.8 Å². The molecule has 2 unspecified atom stereocenters. The van der Waals surface area contributed by atoms with Gasteiger partial charge in [0.25, 0.3) is 5.56 Å². The Hall–Kier alpha value is -3.73. The number of hydrogen-bond donors (Lipinski definition) is 3. The Labute approximate surface area is 285 Å². The molecule has 18 heteroatoms. The lowest BCUT2D eigenvalue weighted by molar-refractivity contribution is -0.0596. The van der Waals surface area contributed by atoms with Crippen molar-refractivity contribution in [2.24, 2.45) is 0 Å². The average molecular weight is 812 g/mol. The van der Waals surface area contributed by atoms with Crippen LogP contribution in [0.15, 0.2) is 107 Å². The molecule has 0 saturated carbocycles. The fourth-order valence-electron chi connectivity index (χ4n) is 4.72. The number of halogens is 1. The maximum absolute atomic E-state index is 13.2. The molecular formula is C30H27IN2O13P2. The smallest absolute Gasteiger partial charge is 0.452 e. The summed E-state index contributed by atoms with van der Waals surface area (Å²) >= 11 is 1.93. The van der Waals surface area contributed by atoms with Gasteiger partial charge in [0.15, 0.2) is 18.4 Å². The van der Waals surface area contributed by atoms with E-state index >= 15 is 0 Å². The normalized spacial score (nSPS) is 21.5. The average Bonchev–Trinajstić information content (AvgIpc) is 3.37. The van der Waals surface area contributed by atoms with E-state index in [1.807, 2.05) is 22.6 Å². The lowest BCUT2D eigenvalue weighted by Crippen LogP contribution is -2.42. The molecule has 3 aromatic carbocycles. The number of hydrogen-bond acceptors (Lipinski definition) is 11. The van der Waals surface area contributed by atoms with Gasteiger partial charge in [-0.1, -0.05) is 54.6 Å². The van der Waals surface area contributed by atoms with Gasteiger partial charge in [0.1, 0.15) is 6.10 Å². The van der Waals surface area contributed by atoms with E-state index in [9.17, 15) is 38.1 Å². The van der Waals surface area contributed by atoms with Gasteiger partial charge < -0.3 is 24.0 Å². The SMILES string of the molecule is O=C(O[C@@H]1[C@H](OC(=O)c2ccccc2)[C@@H](COP(=O)(O)OP(=O)(O)Cc2ccccc2I)O[C@H]1n1ccc(=O)[nH]c1=O)c1ccccc1. The Morgan fingerprint density at radius 3 is 1.98 bits per heavy atom. The highest BCUT2D eigenvalue weighted by molar-refractivity contribution is 14.1. The first-order valence-corrected chi connectivity index (χ1v) is 18.4. The number of phosphoric acid groups is 1. The molecule has 252 valence electrons. The van der Waals surface area contributed by atoms with Gasteiger partial charge in [-0.05, 0) is 58.5 Å². The maximum Gasteiger partial charge on any atom is 0.479 e. The van der Waals surface area contributed by atoms with Crippen molar-refractivity contribution in [1.82, 2.24) is 9.55 Å². The third-order valence-electron chi connectivity index (χ3n) is 6.88. The van der Waals surface area contributed by atoms with Crippen LogP contribution in [0.4, 0.5) is 0 Å². The number of phosphoric ester groups is 1. The van der Waals surface area contributed by atoms with Crippen LogP contribution in [0.5, 0.6) is 0 Å². The minimum atomic E-state index is -5.30. The highest BCUT2D eigenvalue weighted by Crippen LogP contribution is 2.61. The van der Waals surface area contributed by atoms with Gasteiger partial charge in [0.2, 0.25) is 0 Å². The van der Waals surface area contributed by atoms with Crippen molar-refractivity contribution in [3.63, 3.8) is 0 Å². The number of nitrogens with zero attached hydrogens (tertiary/aromatic N) is 1. The van der Waals surface area contributed by atoms with Crippen molar-refractivity contribution < 1.29 is 51.6 Å². The van der Waals surface area contributed by atoms with E-state index in [0.29, 0.717) is 9.13 Å². The number of rotatable bonds is 12. The molecule has 5 rings (SSSR count). The minimum absolute atomic E-state index is 0.0860. The van der Waals surface area contributed by atoms with Crippen molar-refractivity contribution in [3.05, 3.63) is 138 Å². The van der Waals surface area contributed by atoms with E-state index < -0.39 is 75.9 Å². The summed E-state index contributed by atoms with van der Waals surface area (Å²) in [7, 11) is -10.1. The zero-order valence-electron chi connectivity index (χ0n) is 24.6. The van der Waals surface area contributed by atoms with E-state index in [2.05, 4.69) is 9.29 Å². The Bertz CT molecular complexity index is 1990. The van der Waals surface area contributed by atoms with Crippen LogP contribution in [0, 0.1) is 3.57 Å². The van der Waals surface area contributed by atoms with Crippen molar-refractivity contribution in [2.45, 2.75) is 30.7 Å². The Kier molecular flexibility index (Phi) is 11.3. The summed E-state index contributed by atoms with van der Waals surface area (Å²) < 4.78 is 54.3. The van der Waals surface area contributed by atoms with Crippen molar-refractivity contribution in [1.29, 1.82) is 0 Å². The van der Waals surface area contributed by atoms with Gasteiger partial charge >= 0.3 is 33.0 Å². The molecule has 3 N–H and O–H groups in total. The molecular weight excluding hydrogens is 785 g/mol. The first kappa shape index (κ1) is 35.6. The zero-order valence-corrected chi connectivity index (χ0v) is 28.5. The van der Waals surface area contributed by atoms with Crippen LogP contribution >= 0.6 is 38.0 Å². The molecule has 0 radical (unpaired) electrons. The molecule has 1 aliphatic rings. The lowest BCUT2D eigenvalue weighted by atomic mass is 10.1. The summed E-state index contributed by atoms with van der Waals surface area (Å²) in [6, 6.07) is 22.9.